The second-order valence-corrected chi connectivity index (χ2v) is 8.73. The number of hydrogen-bond acceptors (Lipinski definition) is 4. The van der Waals surface area contributed by atoms with Crippen molar-refractivity contribution in [2.45, 2.75) is 24.7 Å². The van der Waals surface area contributed by atoms with Gasteiger partial charge in [-0.1, -0.05) is 30.3 Å². The molecule has 1 N–H and O–H groups in total. The van der Waals surface area contributed by atoms with Gasteiger partial charge in [0.15, 0.2) is 0 Å². The van der Waals surface area contributed by atoms with Crippen molar-refractivity contribution in [3.63, 3.8) is 0 Å². The summed E-state index contributed by atoms with van der Waals surface area (Å²) in [5.41, 5.74) is 3.62. The summed E-state index contributed by atoms with van der Waals surface area (Å²) in [4.78, 5) is 15.5. The van der Waals surface area contributed by atoms with Crippen LogP contribution in [0.2, 0.25) is 0 Å². The van der Waals surface area contributed by atoms with E-state index in [1.54, 1.807) is 24.3 Å². The number of para-hydroxylation sites is 1. The van der Waals surface area contributed by atoms with Gasteiger partial charge in [0.25, 0.3) is 0 Å². The molecule has 6 nitrogen and oxygen atoms in total. The van der Waals surface area contributed by atoms with E-state index in [4.69, 9.17) is 5.11 Å². The van der Waals surface area contributed by atoms with Crippen molar-refractivity contribution in [3.8, 4) is 11.3 Å². The van der Waals surface area contributed by atoms with Crippen molar-refractivity contribution in [2.24, 2.45) is 0 Å². The van der Waals surface area contributed by atoms with E-state index < -0.39 is 16.0 Å². The predicted octanol–water partition coefficient (Wildman–Crippen LogP) is 4.12. The first-order valence-electron chi connectivity index (χ1n) is 8.94. The number of rotatable bonds is 7. The number of aliphatic carboxylic acids is 1. The molecule has 0 saturated carbocycles. The SMILES string of the molecule is Cc1cc(-c2ccc(S(=O)(=O)N(C)CCCC(=O)O)cc2)nc2ccccc12.Cl. The molecule has 0 amide bonds. The summed E-state index contributed by atoms with van der Waals surface area (Å²) in [6.07, 6.45) is 0.204. The van der Waals surface area contributed by atoms with Crippen LogP contribution in [0.1, 0.15) is 18.4 Å². The fourth-order valence-electron chi connectivity index (χ4n) is 3.05. The first-order chi connectivity index (χ1) is 13.3. The van der Waals surface area contributed by atoms with E-state index in [1.165, 1.54) is 11.4 Å². The van der Waals surface area contributed by atoms with E-state index >= 15 is 0 Å². The topological polar surface area (TPSA) is 87.6 Å². The van der Waals surface area contributed by atoms with Gasteiger partial charge in [0, 0.05) is 31.0 Å². The number of halogens is 1. The average Bonchev–Trinajstić information content (AvgIpc) is 2.67. The molecule has 0 bridgehead atoms. The van der Waals surface area contributed by atoms with E-state index in [1.807, 2.05) is 37.3 Å². The number of aromatic nitrogens is 1. The highest BCUT2D eigenvalue weighted by Gasteiger charge is 2.20. The van der Waals surface area contributed by atoms with Crippen LogP contribution in [0.5, 0.6) is 0 Å². The molecule has 1 aromatic heterocycles. The lowest BCUT2D eigenvalue weighted by molar-refractivity contribution is -0.137. The van der Waals surface area contributed by atoms with Gasteiger partial charge in [0.2, 0.25) is 10.0 Å². The van der Waals surface area contributed by atoms with E-state index in [0.29, 0.717) is 0 Å². The van der Waals surface area contributed by atoms with Crippen LogP contribution >= 0.6 is 12.4 Å². The zero-order chi connectivity index (χ0) is 20.3. The number of carboxylic acids is 1. The summed E-state index contributed by atoms with van der Waals surface area (Å²) >= 11 is 0. The van der Waals surface area contributed by atoms with Crippen molar-refractivity contribution in [3.05, 3.63) is 60.2 Å². The van der Waals surface area contributed by atoms with Crippen molar-refractivity contribution in [1.29, 1.82) is 0 Å². The molecule has 0 aliphatic rings. The van der Waals surface area contributed by atoms with Gasteiger partial charge in [0.1, 0.15) is 0 Å². The molecular formula is C21H23ClN2O4S. The maximum atomic E-state index is 12.6. The molecule has 0 atom stereocenters. The van der Waals surface area contributed by atoms with Gasteiger partial charge in [0.05, 0.1) is 16.1 Å². The Bertz CT molecular complexity index is 1120. The summed E-state index contributed by atoms with van der Waals surface area (Å²) in [7, 11) is -2.20. The Morgan fingerprint density at radius 3 is 2.41 bits per heavy atom. The highest BCUT2D eigenvalue weighted by molar-refractivity contribution is 7.89. The smallest absolute Gasteiger partial charge is 0.303 e. The van der Waals surface area contributed by atoms with E-state index in [-0.39, 0.29) is 36.7 Å². The fourth-order valence-corrected chi connectivity index (χ4v) is 4.26. The molecule has 3 aromatic rings. The first-order valence-corrected chi connectivity index (χ1v) is 10.4. The number of carbonyl (C=O) groups is 1. The van der Waals surface area contributed by atoms with E-state index in [9.17, 15) is 13.2 Å². The van der Waals surface area contributed by atoms with Crippen LogP contribution in [0.4, 0.5) is 0 Å². The van der Waals surface area contributed by atoms with E-state index in [0.717, 1.165) is 27.7 Å². The van der Waals surface area contributed by atoms with Crippen LogP contribution in [0.3, 0.4) is 0 Å². The fraction of sp³-hybridized carbons (Fsp3) is 0.238. The lowest BCUT2D eigenvalue weighted by atomic mass is 10.1. The Morgan fingerprint density at radius 1 is 1.10 bits per heavy atom. The second-order valence-electron chi connectivity index (χ2n) is 6.69. The zero-order valence-corrected chi connectivity index (χ0v) is 17.8. The van der Waals surface area contributed by atoms with Crippen molar-refractivity contribution in [1.82, 2.24) is 9.29 Å². The number of aryl methyl sites for hydroxylation is 1. The van der Waals surface area contributed by atoms with Crippen molar-refractivity contribution in [2.75, 3.05) is 13.6 Å². The summed E-state index contributed by atoms with van der Waals surface area (Å²) in [6.45, 7) is 2.18. The minimum absolute atomic E-state index is 0. The molecular weight excluding hydrogens is 412 g/mol. The van der Waals surface area contributed by atoms with Crippen LogP contribution in [-0.4, -0.2) is 42.4 Å². The Kier molecular flexibility index (Phi) is 7.35. The zero-order valence-electron chi connectivity index (χ0n) is 16.2. The molecule has 0 radical (unpaired) electrons. The van der Waals surface area contributed by atoms with Gasteiger partial charge in [-0.05, 0) is 43.2 Å². The number of carboxylic acid groups (broad SMARTS) is 1. The van der Waals surface area contributed by atoms with Crippen molar-refractivity contribution >= 4 is 39.3 Å². The minimum Gasteiger partial charge on any atom is -0.481 e. The number of fused-ring (bicyclic) bond motifs is 1. The van der Waals surface area contributed by atoms with Crippen LogP contribution in [-0.2, 0) is 14.8 Å². The number of benzene rings is 2. The second kappa shape index (κ2) is 9.35. The van der Waals surface area contributed by atoms with Crippen LogP contribution in [0.25, 0.3) is 22.2 Å². The molecule has 0 unspecified atom stereocenters. The lowest BCUT2D eigenvalue weighted by Gasteiger charge is -2.17. The summed E-state index contributed by atoms with van der Waals surface area (Å²) in [5.74, 6) is -0.937. The molecule has 29 heavy (non-hydrogen) atoms. The Labute approximate surface area is 176 Å². The molecule has 154 valence electrons. The molecule has 0 fully saturated rings. The third-order valence-corrected chi connectivity index (χ3v) is 6.52. The summed E-state index contributed by atoms with van der Waals surface area (Å²) in [6, 6.07) is 16.5. The van der Waals surface area contributed by atoms with Gasteiger partial charge in [-0.3, -0.25) is 4.79 Å². The molecule has 2 aromatic carbocycles. The van der Waals surface area contributed by atoms with Gasteiger partial charge in [-0.15, -0.1) is 12.4 Å². The van der Waals surface area contributed by atoms with Crippen LogP contribution < -0.4 is 0 Å². The maximum absolute atomic E-state index is 12.6. The van der Waals surface area contributed by atoms with Crippen LogP contribution in [0, 0.1) is 6.92 Å². The molecule has 3 rings (SSSR count). The normalized spacial score (nSPS) is 11.4. The van der Waals surface area contributed by atoms with Gasteiger partial charge >= 0.3 is 5.97 Å². The molecule has 0 aliphatic carbocycles. The predicted molar refractivity (Wildman–Crippen MR) is 116 cm³/mol. The molecule has 8 heteroatoms. The number of sulfonamides is 1. The average molecular weight is 435 g/mol. The van der Waals surface area contributed by atoms with Gasteiger partial charge in [-0.2, -0.15) is 0 Å². The molecule has 0 saturated heterocycles. The maximum Gasteiger partial charge on any atom is 0.303 e. The quantitative estimate of drug-likeness (QED) is 0.604. The monoisotopic (exact) mass is 434 g/mol. The van der Waals surface area contributed by atoms with Gasteiger partial charge in [-0.25, -0.2) is 17.7 Å². The number of pyridine rings is 1. The lowest BCUT2D eigenvalue weighted by Crippen LogP contribution is -2.28. The first kappa shape index (κ1) is 22.8. The number of hydrogen-bond donors (Lipinski definition) is 1. The molecule has 1 heterocycles. The highest BCUT2D eigenvalue weighted by atomic mass is 35.5. The highest BCUT2D eigenvalue weighted by Crippen LogP contribution is 2.26. The third-order valence-electron chi connectivity index (χ3n) is 4.64. The standard InChI is InChI=1S/C21H22N2O4S.ClH/c1-15-14-20(22-19-7-4-3-6-18(15)19)16-9-11-17(12-10-16)28(26,27)23(2)13-5-8-21(24)25;/h3-4,6-7,9-12,14H,5,8,13H2,1-2H3,(H,24,25);1H. The van der Waals surface area contributed by atoms with E-state index in [2.05, 4.69) is 4.98 Å². The van der Waals surface area contributed by atoms with Gasteiger partial charge < -0.3 is 5.11 Å². The Hall–Kier alpha value is -2.48. The largest absolute Gasteiger partial charge is 0.481 e. The summed E-state index contributed by atoms with van der Waals surface area (Å²) < 4.78 is 26.5. The summed E-state index contributed by atoms with van der Waals surface area (Å²) in [5, 5.41) is 9.79. The third kappa shape index (κ3) is 5.12. The number of nitrogens with zero attached hydrogens (tertiary/aromatic N) is 2. The molecule has 0 aliphatic heterocycles. The van der Waals surface area contributed by atoms with Crippen molar-refractivity contribution < 1.29 is 18.3 Å². The molecule has 0 spiro atoms. The Balaban J connectivity index is 0.00000300. The Morgan fingerprint density at radius 2 is 1.76 bits per heavy atom. The van der Waals surface area contributed by atoms with Crippen LogP contribution in [0.15, 0.2) is 59.5 Å². The minimum atomic E-state index is -3.66.